The second kappa shape index (κ2) is 9.41. The van der Waals surface area contributed by atoms with Crippen LogP contribution in [0.25, 0.3) is 0 Å². The summed E-state index contributed by atoms with van der Waals surface area (Å²) >= 11 is 0. The number of hydrogen-bond acceptors (Lipinski definition) is 4. The summed E-state index contributed by atoms with van der Waals surface area (Å²) in [5, 5.41) is 5.62. The van der Waals surface area contributed by atoms with Gasteiger partial charge in [0.2, 0.25) is 5.91 Å². The largest absolute Gasteiger partial charge is 0.497 e. The summed E-state index contributed by atoms with van der Waals surface area (Å²) < 4.78 is 10.4. The van der Waals surface area contributed by atoms with E-state index in [1.54, 1.807) is 49.8 Å². The van der Waals surface area contributed by atoms with Gasteiger partial charge in [-0.15, -0.1) is 0 Å². The van der Waals surface area contributed by atoms with Crippen LogP contribution in [-0.4, -0.2) is 18.9 Å². The number of amides is 2. The summed E-state index contributed by atoms with van der Waals surface area (Å²) in [6.45, 7) is 0.282. The van der Waals surface area contributed by atoms with Gasteiger partial charge in [-0.05, 0) is 48.4 Å². The second-order valence-electron chi connectivity index (χ2n) is 6.21. The summed E-state index contributed by atoms with van der Waals surface area (Å²) in [6.07, 6.45) is 2.43. The van der Waals surface area contributed by atoms with E-state index < -0.39 is 0 Å². The summed E-state index contributed by atoms with van der Waals surface area (Å²) in [5.41, 5.74) is 1.90. The molecule has 1 aromatic heterocycles. The number of nitrogens with one attached hydrogen (secondary N) is 2. The van der Waals surface area contributed by atoms with E-state index in [4.69, 9.17) is 9.15 Å². The third-order valence-corrected chi connectivity index (χ3v) is 4.22. The van der Waals surface area contributed by atoms with Crippen molar-refractivity contribution in [1.82, 2.24) is 5.32 Å². The molecule has 144 valence electrons. The van der Waals surface area contributed by atoms with Gasteiger partial charge >= 0.3 is 0 Å². The van der Waals surface area contributed by atoms with Crippen molar-refractivity contribution in [3.63, 3.8) is 0 Å². The highest BCUT2D eigenvalue weighted by Crippen LogP contribution is 2.17. The lowest BCUT2D eigenvalue weighted by atomic mass is 10.1. The molecule has 28 heavy (non-hydrogen) atoms. The van der Waals surface area contributed by atoms with Crippen molar-refractivity contribution >= 4 is 17.5 Å². The number of rotatable bonds is 8. The van der Waals surface area contributed by atoms with Crippen molar-refractivity contribution in [3.8, 4) is 5.75 Å². The highest BCUT2D eigenvalue weighted by Gasteiger charge is 2.13. The number of methoxy groups -OCH3 is 1. The number of anilines is 1. The lowest BCUT2D eigenvalue weighted by molar-refractivity contribution is -0.116. The molecule has 0 aliphatic rings. The Labute approximate surface area is 163 Å². The SMILES string of the molecule is COc1cccc(CCC(=O)Nc2ccccc2C(=O)NCc2ccco2)c1. The molecular weight excluding hydrogens is 356 g/mol. The van der Waals surface area contributed by atoms with Crippen LogP contribution in [0.4, 0.5) is 5.69 Å². The number of benzene rings is 2. The van der Waals surface area contributed by atoms with Crippen LogP contribution in [0.2, 0.25) is 0 Å². The number of aryl methyl sites for hydroxylation is 1. The normalized spacial score (nSPS) is 10.3. The Morgan fingerprint density at radius 1 is 1.04 bits per heavy atom. The van der Waals surface area contributed by atoms with Crippen LogP contribution < -0.4 is 15.4 Å². The van der Waals surface area contributed by atoms with Crippen LogP contribution in [0.15, 0.2) is 71.3 Å². The number of furan rings is 1. The maximum atomic E-state index is 12.5. The molecule has 2 N–H and O–H groups in total. The molecule has 0 bridgehead atoms. The summed E-state index contributed by atoms with van der Waals surface area (Å²) in [6, 6.07) is 18.1. The van der Waals surface area contributed by atoms with Gasteiger partial charge in [-0.25, -0.2) is 0 Å². The summed E-state index contributed by atoms with van der Waals surface area (Å²) in [7, 11) is 1.61. The molecule has 0 aliphatic carbocycles. The minimum atomic E-state index is -0.278. The molecule has 2 amide bonds. The fourth-order valence-electron chi connectivity index (χ4n) is 2.76. The zero-order valence-electron chi connectivity index (χ0n) is 15.6. The molecule has 0 radical (unpaired) electrons. The first-order valence-corrected chi connectivity index (χ1v) is 8.98. The predicted octanol–water partition coefficient (Wildman–Crippen LogP) is 3.79. The molecule has 2 aromatic carbocycles. The standard InChI is InChI=1S/C22H22N2O4/c1-27-17-7-4-6-16(14-17)11-12-21(25)24-20-10-3-2-9-19(20)22(26)23-15-18-8-5-13-28-18/h2-10,13-14H,11-12,15H2,1H3,(H,23,26)(H,24,25). The van der Waals surface area contributed by atoms with Crippen molar-refractivity contribution in [2.75, 3.05) is 12.4 Å². The van der Waals surface area contributed by atoms with E-state index >= 15 is 0 Å². The van der Waals surface area contributed by atoms with Gasteiger partial charge in [0.15, 0.2) is 0 Å². The van der Waals surface area contributed by atoms with Crippen LogP contribution in [-0.2, 0) is 17.8 Å². The van der Waals surface area contributed by atoms with Crippen molar-refractivity contribution in [3.05, 3.63) is 83.8 Å². The van der Waals surface area contributed by atoms with E-state index in [1.807, 2.05) is 24.3 Å². The highest BCUT2D eigenvalue weighted by molar-refractivity contribution is 6.03. The molecule has 0 aliphatic heterocycles. The Kier molecular flexibility index (Phi) is 6.46. The molecule has 0 saturated carbocycles. The number of hydrogen-bond donors (Lipinski definition) is 2. The van der Waals surface area contributed by atoms with Crippen LogP contribution in [0.3, 0.4) is 0 Å². The van der Waals surface area contributed by atoms with Gasteiger partial charge in [-0.3, -0.25) is 9.59 Å². The quantitative estimate of drug-likeness (QED) is 0.625. The van der Waals surface area contributed by atoms with Crippen molar-refractivity contribution in [2.24, 2.45) is 0 Å². The van der Waals surface area contributed by atoms with E-state index in [0.29, 0.717) is 29.9 Å². The van der Waals surface area contributed by atoms with E-state index in [0.717, 1.165) is 11.3 Å². The fourth-order valence-corrected chi connectivity index (χ4v) is 2.76. The minimum absolute atomic E-state index is 0.158. The molecule has 0 unspecified atom stereocenters. The molecule has 0 saturated heterocycles. The Morgan fingerprint density at radius 2 is 1.89 bits per heavy atom. The third kappa shape index (κ3) is 5.23. The smallest absolute Gasteiger partial charge is 0.253 e. The molecular formula is C22H22N2O4. The predicted molar refractivity (Wildman–Crippen MR) is 106 cm³/mol. The second-order valence-corrected chi connectivity index (χ2v) is 6.21. The van der Waals surface area contributed by atoms with Gasteiger partial charge in [0.1, 0.15) is 11.5 Å². The maximum absolute atomic E-state index is 12.5. The van der Waals surface area contributed by atoms with Crippen LogP contribution in [0.1, 0.15) is 28.1 Å². The molecule has 6 heteroatoms. The van der Waals surface area contributed by atoms with Gasteiger partial charge in [0.25, 0.3) is 5.91 Å². The van der Waals surface area contributed by atoms with E-state index in [1.165, 1.54) is 0 Å². The Hall–Kier alpha value is -3.54. The van der Waals surface area contributed by atoms with Crippen LogP contribution in [0, 0.1) is 0 Å². The molecule has 0 fully saturated rings. The third-order valence-electron chi connectivity index (χ3n) is 4.22. The zero-order chi connectivity index (χ0) is 19.8. The highest BCUT2D eigenvalue weighted by atomic mass is 16.5. The Bertz CT molecular complexity index is 935. The minimum Gasteiger partial charge on any atom is -0.497 e. The lowest BCUT2D eigenvalue weighted by Crippen LogP contribution is -2.24. The van der Waals surface area contributed by atoms with Gasteiger partial charge in [0.05, 0.1) is 31.2 Å². The van der Waals surface area contributed by atoms with Gasteiger partial charge in [-0.2, -0.15) is 0 Å². The summed E-state index contributed by atoms with van der Waals surface area (Å²) in [4.78, 5) is 24.8. The average molecular weight is 378 g/mol. The molecule has 3 rings (SSSR count). The number of ether oxygens (including phenoxy) is 1. The molecule has 0 spiro atoms. The van der Waals surface area contributed by atoms with Gasteiger partial charge in [-0.1, -0.05) is 24.3 Å². The summed E-state index contributed by atoms with van der Waals surface area (Å²) in [5.74, 6) is 0.985. The Balaban J connectivity index is 1.58. The monoisotopic (exact) mass is 378 g/mol. The molecule has 6 nitrogen and oxygen atoms in total. The van der Waals surface area contributed by atoms with Crippen LogP contribution in [0.5, 0.6) is 5.75 Å². The van der Waals surface area contributed by atoms with Crippen molar-refractivity contribution < 1.29 is 18.7 Å². The van der Waals surface area contributed by atoms with E-state index in [9.17, 15) is 9.59 Å². The first kappa shape index (κ1) is 19.2. The molecule has 0 atom stereocenters. The lowest BCUT2D eigenvalue weighted by Gasteiger charge is -2.11. The van der Waals surface area contributed by atoms with E-state index in [2.05, 4.69) is 10.6 Å². The number of para-hydroxylation sites is 1. The van der Waals surface area contributed by atoms with Crippen LogP contribution >= 0.6 is 0 Å². The molecule has 3 aromatic rings. The Morgan fingerprint density at radius 3 is 2.68 bits per heavy atom. The van der Waals surface area contributed by atoms with Gasteiger partial charge < -0.3 is 19.8 Å². The average Bonchev–Trinajstić information content (AvgIpc) is 3.25. The fraction of sp³-hybridized carbons (Fsp3) is 0.182. The maximum Gasteiger partial charge on any atom is 0.253 e. The topological polar surface area (TPSA) is 80.6 Å². The number of carbonyl (C=O) groups is 2. The first-order chi connectivity index (χ1) is 13.7. The zero-order valence-corrected chi connectivity index (χ0v) is 15.6. The first-order valence-electron chi connectivity index (χ1n) is 8.98. The molecule has 1 heterocycles. The van der Waals surface area contributed by atoms with Crippen molar-refractivity contribution in [2.45, 2.75) is 19.4 Å². The van der Waals surface area contributed by atoms with E-state index in [-0.39, 0.29) is 18.4 Å². The van der Waals surface area contributed by atoms with Gasteiger partial charge in [0, 0.05) is 6.42 Å². The number of carbonyl (C=O) groups excluding carboxylic acids is 2. The van der Waals surface area contributed by atoms with Crippen molar-refractivity contribution in [1.29, 1.82) is 0 Å².